The Morgan fingerprint density at radius 3 is 2.62 bits per heavy atom. The lowest BCUT2D eigenvalue weighted by atomic mass is 10.2. The molecule has 1 heterocycles. The van der Waals surface area contributed by atoms with Gasteiger partial charge >= 0.3 is 6.03 Å². The third-order valence-electron chi connectivity index (χ3n) is 3.40. The molecule has 124 valence electrons. The second kappa shape index (κ2) is 7.92. The second-order valence-electron chi connectivity index (χ2n) is 5.14. The maximum absolute atomic E-state index is 12.7. The Morgan fingerprint density at radius 1 is 1.17 bits per heavy atom. The molecule has 2 amide bonds. The van der Waals surface area contributed by atoms with Crippen LogP contribution in [0, 0.1) is 0 Å². The van der Waals surface area contributed by atoms with Crippen LogP contribution in [0.4, 0.5) is 10.5 Å². The van der Waals surface area contributed by atoms with Gasteiger partial charge in [0.05, 0.1) is 23.1 Å². The number of halogens is 2. The average molecular weight is 380 g/mol. The van der Waals surface area contributed by atoms with Crippen molar-refractivity contribution in [3.8, 4) is 0 Å². The zero-order valence-electron chi connectivity index (χ0n) is 12.7. The van der Waals surface area contributed by atoms with E-state index in [4.69, 9.17) is 23.2 Å². The monoisotopic (exact) mass is 379 g/mol. The van der Waals surface area contributed by atoms with E-state index in [0.717, 1.165) is 23.0 Å². The van der Waals surface area contributed by atoms with E-state index in [9.17, 15) is 4.79 Å². The molecule has 1 aliphatic heterocycles. The SMILES string of the molecule is O=C(Nc1ccc(Cl)c(Cl)c1)N(Cc1ccccc1)C1=NCCS1. The summed E-state index contributed by atoms with van der Waals surface area (Å²) in [5, 5.41) is 4.44. The average Bonchev–Trinajstić information content (AvgIpc) is 3.11. The largest absolute Gasteiger partial charge is 0.328 e. The van der Waals surface area contributed by atoms with Gasteiger partial charge in [-0.15, -0.1) is 0 Å². The summed E-state index contributed by atoms with van der Waals surface area (Å²) < 4.78 is 0. The van der Waals surface area contributed by atoms with Gasteiger partial charge in [-0.05, 0) is 23.8 Å². The number of carbonyl (C=O) groups is 1. The van der Waals surface area contributed by atoms with E-state index in [2.05, 4.69) is 10.3 Å². The van der Waals surface area contributed by atoms with Crippen molar-refractivity contribution in [2.45, 2.75) is 6.54 Å². The fourth-order valence-corrected chi connectivity index (χ4v) is 3.39. The van der Waals surface area contributed by atoms with Gasteiger partial charge in [-0.1, -0.05) is 65.3 Å². The molecular weight excluding hydrogens is 365 g/mol. The van der Waals surface area contributed by atoms with Gasteiger partial charge in [0.1, 0.15) is 0 Å². The summed E-state index contributed by atoms with van der Waals surface area (Å²) in [7, 11) is 0. The number of aliphatic imine (C=N–C) groups is 1. The van der Waals surface area contributed by atoms with Gasteiger partial charge in [-0.2, -0.15) is 0 Å². The summed E-state index contributed by atoms with van der Waals surface area (Å²) in [6.45, 7) is 1.19. The Kier molecular flexibility index (Phi) is 5.66. The normalized spacial score (nSPS) is 13.5. The number of hydrogen-bond acceptors (Lipinski definition) is 3. The first-order valence-corrected chi connectivity index (χ1v) is 9.12. The van der Waals surface area contributed by atoms with Crippen LogP contribution in [0.5, 0.6) is 0 Å². The van der Waals surface area contributed by atoms with Gasteiger partial charge < -0.3 is 5.32 Å². The highest BCUT2D eigenvalue weighted by atomic mass is 35.5. The van der Waals surface area contributed by atoms with Gasteiger partial charge in [0.25, 0.3) is 0 Å². The molecular formula is C17H15Cl2N3OS. The highest BCUT2D eigenvalue weighted by Crippen LogP contribution is 2.26. The minimum atomic E-state index is -0.245. The van der Waals surface area contributed by atoms with Crippen molar-refractivity contribution in [2.75, 3.05) is 17.6 Å². The van der Waals surface area contributed by atoms with Crippen LogP contribution < -0.4 is 5.32 Å². The lowest BCUT2D eigenvalue weighted by Crippen LogP contribution is -2.37. The minimum absolute atomic E-state index is 0.245. The maximum atomic E-state index is 12.7. The second-order valence-corrected chi connectivity index (χ2v) is 7.02. The number of benzene rings is 2. The molecule has 1 N–H and O–H groups in total. The number of carbonyl (C=O) groups excluding carboxylic acids is 1. The lowest BCUT2D eigenvalue weighted by Gasteiger charge is -2.22. The molecule has 4 nitrogen and oxygen atoms in total. The third-order valence-corrected chi connectivity index (χ3v) is 5.13. The number of rotatable bonds is 3. The summed E-state index contributed by atoms with van der Waals surface area (Å²) >= 11 is 13.5. The quantitative estimate of drug-likeness (QED) is 0.802. The van der Waals surface area contributed by atoms with Gasteiger partial charge in [-0.3, -0.25) is 9.89 Å². The van der Waals surface area contributed by atoms with E-state index in [1.165, 1.54) is 0 Å². The zero-order valence-corrected chi connectivity index (χ0v) is 15.0. The van der Waals surface area contributed by atoms with Crippen LogP contribution in [0.25, 0.3) is 0 Å². The predicted octanol–water partition coefficient (Wildman–Crippen LogP) is 5.13. The molecule has 0 saturated heterocycles. The maximum Gasteiger partial charge on any atom is 0.328 e. The number of amidine groups is 1. The Morgan fingerprint density at radius 2 is 1.96 bits per heavy atom. The highest BCUT2D eigenvalue weighted by molar-refractivity contribution is 8.14. The fourth-order valence-electron chi connectivity index (χ4n) is 2.24. The first-order valence-electron chi connectivity index (χ1n) is 7.38. The van der Waals surface area contributed by atoms with E-state index in [1.807, 2.05) is 30.3 Å². The van der Waals surface area contributed by atoms with Gasteiger partial charge in [0, 0.05) is 11.4 Å². The molecule has 24 heavy (non-hydrogen) atoms. The number of amides is 2. The van der Waals surface area contributed by atoms with Crippen LogP contribution in [0.3, 0.4) is 0 Å². The van der Waals surface area contributed by atoms with Gasteiger partial charge in [0.2, 0.25) is 0 Å². The molecule has 2 aromatic rings. The van der Waals surface area contributed by atoms with Crippen molar-refractivity contribution in [1.82, 2.24) is 4.90 Å². The Bertz CT molecular complexity index is 768. The summed E-state index contributed by atoms with van der Waals surface area (Å²) in [5.41, 5.74) is 1.63. The molecule has 0 saturated carbocycles. The summed E-state index contributed by atoms with van der Waals surface area (Å²) in [5.74, 6) is 0.890. The fraction of sp³-hybridized carbons (Fsp3) is 0.176. The van der Waals surface area contributed by atoms with Crippen molar-refractivity contribution in [2.24, 2.45) is 4.99 Å². The van der Waals surface area contributed by atoms with Crippen LogP contribution in [-0.2, 0) is 6.54 Å². The van der Waals surface area contributed by atoms with Crippen molar-refractivity contribution in [3.63, 3.8) is 0 Å². The molecule has 0 aliphatic carbocycles. The molecule has 1 aliphatic rings. The molecule has 7 heteroatoms. The van der Waals surface area contributed by atoms with Crippen molar-refractivity contribution in [3.05, 3.63) is 64.1 Å². The number of nitrogens with zero attached hydrogens (tertiary/aromatic N) is 2. The van der Waals surface area contributed by atoms with Crippen molar-refractivity contribution in [1.29, 1.82) is 0 Å². The number of hydrogen-bond donors (Lipinski definition) is 1. The van der Waals surface area contributed by atoms with E-state index >= 15 is 0 Å². The highest BCUT2D eigenvalue weighted by Gasteiger charge is 2.23. The van der Waals surface area contributed by atoms with E-state index in [1.54, 1.807) is 34.9 Å². The van der Waals surface area contributed by atoms with E-state index in [0.29, 0.717) is 22.3 Å². The summed E-state index contributed by atoms with van der Waals surface area (Å²) in [4.78, 5) is 18.8. The minimum Gasteiger partial charge on any atom is -0.307 e. The number of urea groups is 1. The van der Waals surface area contributed by atoms with Crippen LogP contribution in [0.1, 0.15) is 5.56 Å². The standard InChI is InChI=1S/C17H15Cl2N3OS/c18-14-7-6-13(10-15(14)19)21-16(23)22(17-20-8-9-24-17)11-12-4-2-1-3-5-12/h1-7,10H,8-9,11H2,(H,21,23). The summed E-state index contributed by atoms with van der Waals surface area (Å²) in [6.07, 6.45) is 0. The Balaban J connectivity index is 1.79. The molecule has 0 spiro atoms. The van der Waals surface area contributed by atoms with Crippen molar-refractivity contribution < 1.29 is 4.79 Å². The topological polar surface area (TPSA) is 44.7 Å². The number of anilines is 1. The molecule has 0 bridgehead atoms. The lowest BCUT2D eigenvalue weighted by molar-refractivity contribution is 0.233. The summed E-state index contributed by atoms with van der Waals surface area (Å²) in [6, 6.07) is 14.6. The molecule has 0 fully saturated rings. The molecule has 0 unspecified atom stereocenters. The molecule has 3 rings (SSSR count). The Labute approximate surface area is 154 Å². The van der Waals surface area contributed by atoms with E-state index in [-0.39, 0.29) is 6.03 Å². The van der Waals surface area contributed by atoms with Crippen LogP contribution >= 0.6 is 35.0 Å². The first-order chi connectivity index (χ1) is 11.6. The van der Waals surface area contributed by atoms with E-state index < -0.39 is 0 Å². The van der Waals surface area contributed by atoms with Crippen molar-refractivity contribution >= 4 is 51.8 Å². The van der Waals surface area contributed by atoms with Crippen LogP contribution in [0.15, 0.2) is 53.5 Å². The molecule has 0 aromatic heterocycles. The predicted molar refractivity (Wildman–Crippen MR) is 102 cm³/mol. The zero-order chi connectivity index (χ0) is 16.9. The molecule has 0 atom stereocenters. The number of thioether (sulfide) groups is 1. The number of nitrogens with one attached hydrogen (secondary N) is 1. The van der Waals surface area contributed by atoms with Gasteiger partial charge in [0.15, 0.2) is 5.17 Å². The van der Waals surface area contributed by atoms with Crippen LogP contribution in [0.2, 0.25) is 10.0 Å². The Hall–Kier alpha value is -1.69. The third kappa shape index (κ3) is 4.23. The molecule has 0 radical (unpaired) electrons. The molecule has 2 aromatic carbocycles. The van der Waals surface area contributed by atoms with Crippen LogP contribution in [-0.4, -0.2) is 28.4 Å². The smallest absolute Gasteiger partial charge is 0.307 e. The van der Waals surface area contributed by atoms with Gasteiger partial charge in [-0.25, -0.2) is 4.79 Å². The first kappa shape index (κ1) is 17.1.